The van der Waals surface area contributed by atoms with Crippen LogP contribution in [-0.2, 0) is 37.6 Å². The Morgan fingerprint density at radius 3 is 2.28 bits per heavy atom. The average Bonchev–Trinajstić information content (AvgIpc) is 3.19. The summed E-state index contributed by atoms with van der Waals surface area (Å²) in [4.78, 5) is 52.0. The van der Waals surface area contributed by atoms with Crippen molar-refractivity contribution in [1.82, 2.24) is 9.13 Å². The van der Waals surface area contributed by atoms with Crippen molar-refractivity contribution in [3.63, 3.8) is 0 Å². The van der Waals surface area contributed by atoms with Gasteiger partial charge in [0.25, 0.3) is 5.56 Å². The van der Waals surface area contributed by atoms with Gasteiger partial charge in [-0.2, -0.15) is 0 Å². The Balaban J connectivity index is 2.31. The van der Waals surface area contributed by atoms with E-state index in [4.69, 9.17) is 9.47 Å². The van der Waals surface area contributed by atoms with Crippen molar-refractivity contribution in [3.8, 4) is 0 Å². The van der Waals surface area contributed by atoms with Crippen LogP contribution in [0.3, 0.4) is 0 Å². The summed E-state index contributed by atoms with van der Waals surface area (Å²) in [6, 6.07) is 9.37. The molecule has 1 aromatic carbocycles. The lowest BCUT2D eigenvalue weighted by atomic mass is 10.0. The first-order chi connectivity index (χ1) is 16.8. The molecule has 0 saturated heterocycles. The molecule has 3 rings (SSSR count). The summed E-state index contributed by atoms with van der Waals surface area (Å²) in [5.41, 5.74) is -2.70. The number of ether oxygens (including phenoxy) is 2. The highest BCUT2D eigenvalue weighted by Gasteiger charge is 2.36. The predicted octanol–water partition coefficient (Wildman–Crippen LogP) is 3.71. The lowest BCUT2D eigenvalue weighted by Crippen LogP contribution is -2.52. The third kappa shape index (κ3) is 5.60. The number of carboxylic acids is 1. The maximum Gasteiger partial charge on any atom is 0.333 e. The number of fused-ring (bicyclic) bond motifs is 1. The Morgan fingerprint density at radius 1 is 1.08 bits per heavy atom. The first-order valence-electron chi connectivity index (χ1n) is 11.7. The number of aliphatic carboxylic acids is 1. The molecule has 10 heteroatoms. The van der Waals surface area contributed by atoms with Gasteiger partial charge in [-0.1, -0.05) is 30.3 Å². The third-order valence-electron chi connectivity index (χ3n) is 5.67. The zero-order valence-corrected chi connectivity index (χ0v) is 22.2. The van der Waals surface area contributed by atoms with Gasteiger partial charge < -0.3 is 14.6 Å². The highest BCUT2D eigenvalue weighted by Crippen LogP contribution is 2.29. The SMILES string of the molecule is CCOC(=O)Cc1csc2c1c(=O)n(C(C)(C)C(=O)O)c(=O)n2C[C@@H](OC(C)(C)C)c1ccccc1. The van der Waals surface area contributed by atoms with E-state index in [1.54, 1.807) is 12.3 Å². The van der Waals surface area contributed by atoms with E-state index in [2.05, 4.69) is 0 Å². The summed E-state index contributed by atoms with van der Waals surface area (Å²) >= 11 is 1.15. The molecular formula is C26H32N2O7S. The van der Waals surface area contributed by atoms with E-state index in [9.17, 15) is 24.3 Å². The summed E-state index contributed by atoms with van der Waals surface area (Å²) in [5, 5.41) is 11.6. The van der Waals surface area contributed by atoms with Gasteiger partial charge in [-0.15, -0.1) is 11.3 Å². The van der Waals surface area contributed by atoms with Gasteiger partial charge in [-0.05, 0) is 58.0 Å². The Kier molecular flexibility index (Phi) is 7.90. The summed E-state index contributed by atoms with van der Waals surface area (Å²) in [7, 11) is 0. The van der Waals surface area contributed by atoms with Crippen molar-refractivity contribution in [3.05, 3.63) is 67.7 Å². The molecular weight excluding hydrogens is 484 g/mol. The monoisotopic (exact) mass is 516 g/mol. The van der Waals surface area contributed by atoms with Crippen LogP contribution in [-0.4, -0.2) is 38.4 Å². The second-order valence-corrected chi connectivity index (χ2v) is 10.8. The minimum absolute atomic E-state index is 0.0337. The van der Waals surface area contributed by atoms with Crippen LogP contribution in [0.1, 0.15) is 58.8 Å². The van der Waals surface area contributed by atoms with E-state index in [-0.39, 0.29) is 25.0 Å². The third-order valence-corrected chi connectivity index (χ3v) is 6.72. The van der Waals surface area contributed by atoms with Crippen LogP contribution < -0.4 is 11.2 Å². The minimum atomic E-state index is -1.83. The van der Waals surface area contributed by atoms with Crippen LogP contribution in [0, 0.1) is 0 Å². The smallest absolute Gasteiger partial charge is 0.333 e. The van der Waals surface area contributed by atoms with Crippen molar-refractivity contribution in [2.45, 2.75) is 71.8 Å². The van der Waals surface area contributed by atoms with Gasteiger partial charge in [0, 0.05) is 0 Å². The van der Waals surface area contributed by atoms with E-state index >= 15 is 0 Å². The van der Waals surface area contributed by atoms with Gasteiger partial charge in [0.2, 0.25) is 0 Å². The number of carboxylic acid groups (broad SMARTS) is 1. The number of esters is 1. The van der Waals surface area contributed by atoms with E-state index in [1.807, 2.05) is 51.1 Å². The van der Waals surface area contributed by atoms with E-state index < -0.39 is 40.4 Å². The van der Waals surface area contributed by atoms with Gasteiger partial charge in [-0.3, -0.25) is 14.2 Å². The lowest BCUT2D eigenvalue weighted by Gasteiger charge is -2.29. The van der Waals surface area contributed by atoms with Crippen molar-refractivity contribution in [1.29, 1.82) is 0 Å². The molecule has 9 nitrogen and oxygen atoms in total. The van der Waals surface area contributed by atoms with E-state index in [1.165, 1.54) is 18.4 Å². The summed E-state index contributed by atoms with van der Waals surface area (Å²) in [5.74, 6) is -1.85. The largest absolute Gasteiger partial charge is 0.480 e. The number of rotatable bonds is 9. The second-order valence-electron chi connectivity index (χ2n) is 9.95. The Labute approximate surface area is 212 Å². The molecule has 0 aliphatic rings. The maximum absolute atomic E-state index is 13.7. The summed E-state index contributed by atoms with van der Waals surface area (Å²) in [6.07, 6.45) is -0.739. The normalized spacial score (nSPS) is 13.1. The van der Waals surface area contributed by atoms with Crippen molar-refractivity contribution >= 4 is 33.5 Å². The van der Waals surface area contributed by atoms with Gasteiger partial charge in [0.05, 0.1) is 30.6 Å². The zero-order chi connectivity index (χ0) is 26.8. The van der Waals surface area contributed by atoms with Crippen LogP contribution in [0.25, 0.3) is 10.2 Å². The fraction of sp³-hybridized carbons (Fsp3) is 0.462. The number of thiophene rings is 1. The van der Waals surface area contributed by atoms with Crippen LogP contribution >= 0.6 is 11.3 Å². The highest BCUT2D eigenvalue weighted by molar-refractivity contribution is 7.17. The molecule has 0 saturated carbocycles. The van der Waals surface area contributed by atoms with Crippen LogP contribution in [0.2, 0.25) is 0 Å². The predicted molar refractivity (Wildman–Crippen MR) is 138 cm³/mol. The second kappa shape index (κ2) is 10.4. The molecule has 0 unspecified atom stereocenters. The van der Waals surface area contributed by atoms with Crippen molar-refractivity contribution in [2.24, 2.45) is 0 Å². The number of carbonyl (C=O) groups excluding carboxylic acids is 1. The van der Waals surface area contributed by atoms with Crippen LogP contribution in [0.15, 0.2) is 45.3 Å². The highest BCUT2D eigenvalue weighted by atomic mass is 32.1. The Morgan fingerprint density at radius 2 is 1.72 bits per heavy atom. The molecule has 0 fully saturated rings. The molecule has 36 heavy (non-hydrogen) atoms. The molecule has 0 radical (unpaired) electrons. The molecule has 0 bridgehead atoms. The van der Waals surface area contributed by atoms with E-state index in [0.717, 1.165) is 21.5 Å². The van der Waals surface area contributed by atoms with Crippen LogP contribution in [0.4, 0.5) is 0 Å². The molecule has 0 aliphatic heterocycles. The van der Waals surface area contributed by atoms with Gasteiger partial charge in [0.1, 0.15) is 16.5 Å². The molecule has 0 amide bonds. The quantitative estimate of drug-likeness (QED) is 0.431. The molecule has 194 valence electrons. The zero-order valence-electron chi connectivity index (χ0n) is 21.4. The fourth-order valence-corrected chi connectivity index (χ4v) is 5.01. The van der Waals surface area contributed by atoms with E-state index in [0.29, 0.717) is 10.4 Å². The number of nitrogens with zero attached hydrogens (tertiary/aromatic N) is 2. The number of aromatic nitrogens is 2. The number of hydrogen-bond acceptors (Lipinski definition) is 7. The molecule has 0 spiro atoms. The molecule has 3 aromatic rings. The molecule has 1 N–H and O–H groups in total. The van der Waals surface area contributed by atoms with Gasteiger partial charge >= 0.3 is 17.6 Å². The topological polar surface area (TPSA) is 117 Å². The molecule has 2 heterocycles. The van der Waals surface area contributed by atoms with Crippen molar-refractivity contribution in [2.75, 3.05) is 6.61 Å². The van der Waals surface area contributed by atoms with Gasteiger partial charge in [-0.25, -0.2) is 14.2 Å². The Hall–Kier alpha value is -3.24. The summed E-state index contributed by atoms with van der Waals surface area (Å²) in [6.45, 7) is 10.2. The maximum atomic E-state index is 13.7. The lowest BCUT2D eigenvalue weighted by molar-refractivity contribution is -0.146. The standard InChI is InChI=1S/C26H32N2O7S/c1-7-34-19(29)13-17-15-36-22-20(17)21(30)28(26(5,6)23(31)32)24(33)27(22)14-18(35-25(2,3)4)16-11-9-8-10-12-16/h8-12,15,18H,7,13-14H2,1-6H3,(H,31,32)/t18-/m1/s1. The number of carbonyl (C=O) groups is 2. The van der Waals surface area contributed by atoms with Gasteiger partial charge in [0.15, 0.2) is 0 Å². The van der Waals surface area contributed by atoms with Crippen LogP contribution in [0.5, 0.6) is 0 Å². The first kappa shape index (κ1) is 27.3. The minimum Gasteiger partial charge on any atom is -0.480 e. The molecule has 0 aliphatic carbocycles. The molecule has 2 aromatic heterocycles. The average molecular weight is 517 g/mol. The fourth-order valence-electron chi connectivity index (χ4n) is 3.93. The Bertz CT molecular complexity index is 1380. The molecule has 1 atom stereocenters. The summed E-state index contributed by atoms with van der Waals surface area (Å²) < 4.78 is 13.5. The number of benzene rings is 1. The number of hydrogen-bond donors (Lipinski definition) is 1. The van der Waals surface area contributed by atoms with Crippen molar-refractivity contribution < 1.29 is 24.2 Å². The first-order valence-corrected chi connectivity index (χ1v) is 12.5.